The van der Waals surface area contributed by atoms with Gasteiger partial charge in [-0.1, -0.05) is 0 Å². The largest absolute Gasteiger partial charge is 0.822 e. The van der Waals surface area contributed by atoms with Crippen LogP contribution in [0.4, 0.5) is 0 Å². The second-order valence-electron chi connectivity index (χ2n) is 3.07. The number of hydrogen-bond donors (Lipinski definition) is 0. The quantitative estimate of drug-likeness (QED) is 0.668. The van der Waals surface area contributed by atoms with Crippen LogP contribution in [0.2, 0.25) is 2.07 Å². The Morgan fingerprint density at radius 3 is 1.93 bits per heavy atom. The van der Waals surface area contributed by atoms with E-state index in [9.17, 15) is 0 Å². The second kappa shape index (κ2) is 11.0. The Labute approximate surface area is 112 Å². The van der Waals surface area contributed by atoms with Crippen molar-refractivity contribution in [2.75, 3.05) is 0 Å². The fourth-order valence-electron chi connectivity index (χ4n) is 0.943. The standard InChI is InChI=1S/C8H17.Nd.H3O4P/c1-4-6-7-8(3)5-2;;1-5(2,3)4/h8H,3-7H2,1-2H3;;(H3,1,2,3,4)/q;+3;/p-3. The van der Waals surface area contributed by atoms with Gasteiger partial charge >= 0.3 is 86.3 Å². The first-order chi connectivity index (χ1) is 6.35. The van der Waals surface area contributed by atoms with Gasteiger partial charge in [0.15, 0.2) is 0 Å². The molecule has 0 amide bonds. The molecule has 0 heterocycles. The van der Waals surface area contributed by atoms with E-state index in [2.05, 4.69) is 13.8 Å². The minimum Gasteiger partial charge on any atom is -0.822 e. The van der Waals surface area contributed by atoms with Gasteiger partial charge in [-0.25, -0.2) is 0 Å². The van der Waals surface area contributed by atoms with Crippen molar-refractivity contribution in [2.24, 2.45) is 5.92 Å². The monoisotopic (exact) mass is 350 g/mol. The Morgan fingerprint density at radius 1 is 1.29 bits per heavy atom. The van der Waals surface area contributed by atoms with E-state index in [1.165, 1.54) is 66.5 Å². The smallest absolute Gasteiger partial charge is 0.159 e. The molecule has 6 heteroatoms. The molecule has 0 saturated carbocycles. The number of unbranched alkanes of at least 4 members (excludes halogenated alkanes) is 1. The molecule has 0 rings (SSSR count). The van der Waals surface area contributed by atoms with Crippen molar-refractivity contribution in [1.82, 2.24) is 0 Å². The zero-order valence-corrected chi connectivity index (χ0v) is 12.8. The molecular formula is C8H17NdO4P. The molecule has 1 unspecified atom stereocenters. The maximum absolute atomic E-state index is 8.55. The summed E-state index contributed by atoms with van der Waals surface area (Å²) >= 11 is 1.40. The molecule has 0 aromatic rings. The van der Waals surface area contributed by atoms with Crippen LogP contribution in [0.25, 0.3) is 0 Å². The summed E-state index contributed by atoms with van der Waals surface area (Å²) in [5.74, 6) is 1.07. The van der Waals surface area contributed by atoms with Crippen LogP contribution in [-0.4, -0.2) is 0 Å². The summed E-state index contributed by atoms with van der Waals surface area (Å²) in [6.07, 6.45) is 5.71. The molecule has 0 aliphatic rings. The number of rotatable bonds is 5. The van der Waals surface area contributed by atoms with Gasteiger partial charge in [0.25, 0.3) is 0 Å². The molecule has 82 valence electrons. The van der Waals surface area contributed by atoms with E-state index in [4.69, 9.17) is 19.2 Å². The van der Waals surface area contributed by atoms with Crippen molar-refractivity contribution in [3.8, 4) is 0 Å². The van der Waals surface area contributed by atoms with Crippen molar-refractivity contribution in [1.29, 1.82) is 0 Å². The van der Waals surface area contributed by atoms with Crippen molar-refractivity contribution < 1.29 is 58.0 Å². The predicted molar refractivity (Wildman–Crippen MR) is 45.7 cm³/mol. The predicted octanol–water partition coefficient (Wildman–Crippen LogP) is 0.346. The molecule has 14 heavy (non-hydrogen) atoms. The van der Waals surface area contributed by atoms with Gasteiger partial charge in [0.2, 0.25) is 0 Å². The third kappa shape index (κ3) is 23.4. The first kappa shape index (κ1) is 17.8. The molecule has 0 fully saturated rings. The third-order valence-electron chi connectivity index (χ3n) is 1.83. The average Bonchev–Trinajstić information content (AvgIpc) is 2.04. The Morgan fingerprint density at radius 2 is 1.71 bits per heavy atom. The molecule has 0 saturated heterocycles. The van der Waals surface area contributed by atoms with Gasteiger partial charge < -0.3 is 19.2 Å². The molecule has 0 radical (unpaired) electrons. The number of phosphoric acid groups is 1. The zero-order valence-electron chi connectivity index (χ0n) is 8.69. The molecule has 0 N–H and O–H groups in total. The second-order valence-corrected chi connectivity index (χ2v) is 5.27. The average molecular weight is 352 g/mol. The Kier molecular flexibility index (Phi) is 14.0. The first-order valence-electron chi connectivity index (χ1n) is 4.72. The maximum atomic E-state index is 8.55. The topological polar surface area (TPSA) is 86.2 Å². The minimum absolute atomic E-state index is 1.07. The van der Waals surface area contributed by atoms with Gasteiger partial charge in [-0.05, 0) is 0 Å². The summed E-state index contributed by atoms with van der Waals surface area (Å²) in [7, 11) is -5.39. The molecule has 0 aliphatic carbocycles. The normalized spacial score (nSPS) is 13.1. The fraction of sp³-hybridized carbons (Fsp3) is 1.00. The molecule has 0 aliphatic heterocycles. The van der Waals surface area contributed by atoms with E-state index < -0.39 is 7.82 Å². The molecule has 1 atom stereocenters. The van der Waals surface area contributed by atoms with Crippen LogP contribution in [0.15, 0.2) is 0 Å². The van der Waals surface area contributed by atoms with Crippen LogP contribution in [-0.2, 0) is 4.57 Å². The van der Waals surface area contributed by atoms with Crippen LogP contribution in [0.1, 0.15) is 39.5 Å². The molecule has 0 aromatic carbocycles. The van der Waals surface area contributed by atoms with E-state index in [1.807, 2.05) is 0 Å². The van der Waals surface area contributed by atoms with Crippen LogP contribution in [0.3, 0.4) is 0 Å². The third-order valence-corrected chi connectivity index (χ3v) is 3.68. The maximum Gasteiger partial charge on any atom is -0.159 e. The van der Waals surface area contributed by atoms with Gasteiger partial charge in [0.1, 0.15) is 0 Å². The summed E-state index contributed by atoms with van der Waals surface area (Å²) in [5.41, 5.74) is 0. The van der Waals surface area contributed by atoms with Crippen LogP contribution in [0, 0.1) is 44.7 Å². The summed E-state index contributed by atoms with van der Waals surface area (Å²) in [4.78, 5) is 25.6. The summed E-state index contributed by atoms with van der Waals surface area (Å²) in [6.45, 7) is 4.60. The van der Waals surface area contributed by atoms with Crippen molar-refractivity contribution in [3.63, 3.8) is 0 Å². The molecule has 0 aromatic heterocycles. The molecular weight excluding hydrogens is 335 g/mol. The molecule has 0 bridgehead atoms. The minimum atomic E-state index is -5.39. The van der Waals surface area contributed by atoms with E-state index >= 15 is 0 Å². The van der Waals surface area contributed by atoms with Gasteiger partial charge in [-0.2, -0.15) is 7.82 Å². The summed E-state index contributed by atoms with van der Waals surface area (Å²) in [5, 5.41) is 0. The van der Waals surface area contributed by atoms with E-state index in [-0.39, 0.29) is 0 Å². The van der Waals surface area contributed by atoms with E-state index in [1.54, 1.807) is 0 Å². The van der Waals surface area contributed by atoms with Gasteiger partial charge in [-0.3, -0.25) is 0 Å². The van der Waals surface area contributed by atoms with Crippen LogP contribution < -0.4 is 14.7 Å². The van der Waals surface area contributed by atoms with Crippen molar-refractivity contribution >= 4 is 7.82 Å². The van der Waals surface area contributed by atoms with Crippen molar-refractivity contribution in [3.05, 3.63) is 0 Å². The van der Waals surface area contributed by atoms with Crippen molar-refractivity contribution in [2.45, 2.75) is 41.6 Å². The van der Waals surface area contributed by atoms with E-state index in [0.717, 1.165) is 5.92 Å². The summed E-state index contributed by atoms with van der Waals surface area (Å²) in [6, 6.07) is 0. The van der Waals surface area contributed by atoms with E-state index in [0.29, 0.717) is 0 Å². The SMILES string of the molecule is CCCCC(CC)[CH2][Nd+3].O=P([O-])([O-])[O-]. The van der Waals surface area contributed by atoms with Crippen LogP contribution >= 0.6 is 7.82 Å². The molecule has 4 nitrogen and oxygen atoms in total. The first-order valence-corrected chi connectivity index (χ1v) is 8.45. The Bertz CT molecular complexity index is 147. The van der Waals surface area contributed by atoms with Crippen LogP contribution in [0.5, 0.6) is 0 Å². The number of hydrogen-bond acceptors (Lipinski definition) is 4. The van der Waals surface area contributed by atoms with Gasteiger partial charge in [0, 0.05) is 0 Å². The Balaban J connectivity index is 0. The molecule has 0 spiro atoms. The summed E-state index contributed by atoms with van der Waals surface area (Å²) < 4.78 is 10.1. The fourth-order valence-corrected chi connectivity index (χ4v) is 2.52. The van der Waals surface area contributed by atoms with Gasteiger partial charge in [0.05, 0.1) is 0 Å². The zero-order chi connectivity index (χ0) is 11.6. The van der Waals surface area contributed by atoms with Gasteiger partial charge in [-0.15, -0.1) is 0 Å². The Hall–Kier alpha value is 1.46.